The van der Waals surface area contributed by atoms with E-state index in [0.717, 1.165) is 4.31 Å². The molecule has 0 aromatic carbocycles. The lowest BCUT2D eigenvalue weighted by molar-refractivity contribution is -0.119. The van der Waals surface area contributed by atoms with Crippen LogP contribution in [0.5, 0.6) is 0 Å². The molecule has 1 fully saturated rings. The van der Waals surface area contributed by atoms with Gasteiger partial charge in [-0.15, -0.1) is 4.13 Å². The van der Waals surface area contributed by atoms with E-state index in [4.69, 9.17) is 0 Å². The second kappa shape index (κ2) is 9.13. The van der Waals surface area contributed by atoms with Crippen molar-refractivity contribution in [2.45, 2.75) is 44.8 Å². The van der Waals surface area contributed by atoms with Gasteiger partial charge in [0.05, 0.1) is 18.1 Å². The first kappa shape index (κ1) is 26.2. The number of rotatable bonds is 9. The summed E-state index contributed by atoms with van der Waals surface area (Å²) in [5, 5.41) is 0. The van der Waals surface area contributed by atoms with Gasteiger partial charge in [0.1, 0.15) is 5.78 Å². The SMILES string of the molecule is CC(=O)CN1C(C)CN(S(=O)(=O)CCCS(=O)(=O)NS(=O)(=O)C(F)(F)F)CC1C. The van der Waals surface area contributed by atoms with E-state index in [-0.39, 0.29) is 37.5 Å². The van der Waals surface area contributed by atoms with Gasteiger partial charge in [-0.3, -0.25) is 9.69 Å². The molecule has 0 amide bonds. The van der Waals surface area contributed by atoms with Crippen LogP contribution in [0.25, 0.3) is 0 Å². The average molecular weight is 488 g/mol. The molecule has 172 valence electrons. The summed E-state index contributed by atoms with van der Waals surface area (Å²) in [5.41, 5.74) is -5.81. The molecule has 0 spiro atoms. The van der Waals surface area contributed by atoms with Crippen LogP contribution in [0.1, 0.15) is 27.2 Å². The molecule has 0 saturated carbocycles. The van der Waals surface area contributed by atoms with Crippen LogP contribution in [0, 0.1) is 0 Å². The van der Waals surface area contributed by atoms with Crippen LogP contribution in [0.3, 0.4) is 0 Å². The molecule has 29 heavy (non-hydrogen) atoms. The van der Waals surface area contributed by atoms with Crippen molar-refractivity contribution in [1.29, 1.82) is 0 Å². The van der Waals surface area contributed by atoms with Crippen LogP contribution in [-0.4, -0.2) is 89.0 Å². The van der Waals surface area contributed by atoms with Gasteiger partial charge in [0.2, 0.25) is 20.0 Å². The Balaban J connectivity index is 2.72. The van der Waals surface area contributed by atoms with Gasteiger partial charge < -0.3 is 0 Å². The highest BCUT2D eigenvalue weighted by Gasteiger charge is 2.48. The minimum Gasteiger partial charge on any atom is -0.299 e. The minimum atomic E-state index is -6.10. The van der Waals surface area contributed by atoms with Gasteiger partial charge >= 0.3 is 15.5 Å². The molecule has 16 heteroatoms. The van der Waals surface area contributed by atoms with Crippen LogP contribution < -0.4 is 4.13 Å². The van der Waals surface area contributed by atoms with Crippen LogP contribution in [0.4, 0.5) is 13.2 Å². The molecule has 0 aromatic heterocycles. The van der Waals surface area contributed by atoms with E-state index in [1.807, 2.05) is 4.90 Å². The molecule has 10 nitrogen and oxygen atoms in total. The first-order valence-corrected chi connectivity index (χ1v) is 13.2. The third-order valence-electron chi connectivity index (χ3n) is 4.22. The van der Waals surface area contributed by atoms with E-state index >= 15 is 0 Å². The second-order valence-electron chi connectivity index (χ2n) is 6.91. The molecule has 1 aliphatic heterocycles. The zero-order valence-corrected chi connectivity index (χ0v) is 18.5. The van der Waals surface area contributed by atoms with Crippen molar-refractivity contribution < 1.29 is 43.2 Å². The van der Waals surface area contributed by atoms with Crippen LogP contribution >= 0.6 is 0 Å². The smallest absolute Gasteiger partial charge is 0.299 e. The Kier molecular flexibility index (Phi) is 8.26. The molecular formula is C13H24F3N3O7S3. The third kappa shape index (κ3) is 7.43. The number of carbonyl (C=O) groups is 1. The molecule has 2 atom stereocenters. The lowest BCUT2D eigenvalue weighted by Crippen LogP contribution is -2.59. The topological polar surface area (TPSA) is 138 Å². The Labute approximate surface area is 168 Å². The van der Waals surface area contributed by atoms with Crippen molar-refractivity contribution in [2.75, 3.05) is 31.1 Å². The van der Waals surface area contributed by atoms with Crippen molar-refractivity contribution in [1.82, 2.24) is 13.3 Å². The normalized spacial score (nSPS) is 23.2. The number of Topliss-reactive ketones (excluding diaryl/α,β-unsaturated/α-hetero) is 1. The van der Waals surface area contributed by atoms with Crippen molar-refractivity contribution in [3.8, 4) is 0 Å². The van der Waals surface area contributed by atoms with Crippen LogP contribution in [0.15, 0.2) is 0 Å². The number of halogens is 3. The number of alkyl halides is 3. The zero-order valence-electron chi connectivity index (χ0n) is 16.0. The van der Waals surface area contributed by atoms with E-state index in [9.17, 15) is 43.2 Å². The molecule has 1 saturated heterocycles. The van der Waals surface area contributed by atoms with E-state index in [2.05, 4.69) is 0 Å². The van der Waals surface area contributed by atoms with Crippen molar-refractivity contribution in [2.24, 2.45) is 0 Å². The van der Waals surface area contributed by atoms with Crippen LogP contribution in [0.2, 0.25) is 0 Å². The summed E-state index contributed by atoms with van der Waals surface area (Å²) in [6.07, 6.45) is -0.596. The lowest BCUT2D eigenvalue weighted by Gasteiger charge is -2.43. The van der Waals surface area contributed by atoms with Crippen molar-refractivity contribution in [3.63, 3.8) is 0 Å². The molecule has 1 rings (SSSR count). The number of hydrogen-bond donors (Lipinski definition) is 1. The third-order valence-corrected chi connectivity index (χ3v) is 9.44. The van der Waals surface area contributed by atoms with Gasteiger partial charge in [-0.05, 0) is 27.2 Å². The van der Waals surface area contributed by atoms with E-state index in [1.165, 1.54) is 6.92 Å². The Morgan fingerprint density at radius 1 is 1.00 bits per heavy atom. The number of piperazine rings is 1. The first-order valence-electron chi connectivity index (χ1n) is 8.43. The molecule has 2 unspecified atom stereocenters. The predicted molar refractivity (Wildman–Crippen MR) is 98.2 cm³/mol. The standard InChI is InChI=1S/C13H24F3N3O7S3/c1-10-7-18(8-11(2)19(10)9-12(3)20)28(23,24)6-4-5-27(21,22)17-29(25,26)13(14,15)16/h10-11,17H,4-9H2,1-3H3. The maximum Gasteiger partial charge on any atom is 0.512 e. The first-order chi connectivity index (χ1) is 12.9. The largest absolute Gasteiger partial charge is 0.512 e. The fourth-order valence-electron chi connectivity index (χ4n) is 2.92. The van der Waals surface area contributed by atoms with E-state index in [1.54, 1.807) is 13.8 Å². The number of carbonyl (C=O) groups excluding carboxylic acids is 1. The summed E-state index contributed by atoms with van der Waals surface area (Å²) in [5.74, 6) is -1.88. The quantitative estimate of drug-likeness (QED) is 0.458. The highest BCUT2D eigenvalue weighted by molar-refractivity contribution is 8.05. The fraction of sp³-hybridized carbons (Fsp3) is 0.923. The number of hydrogen-bond acceptors (Lipinski definition) is 8. The summed E-state index contributed by atoms with van der Waals surface area (Å²) < 4.78 is 108. The number of nitrogens with zero attached hydrogens (tertiary/aromatic N) is 2. The maximum atomic E-state index is 12.5. The van der Waals surface area contributed by atoms with Gasteiger partial charge in [0.15, 0.2) is 0 Å². The highest BCUT2D eigenvalue weighted by Crippen LogP contribution is 2.22. The Morgan fingerprint density at radius 2 is 1.48 bits per heavy atom. The molecular weight excluding hydrogens is 463 g/mol. The predicted octanol–water partition coefficient (Wildman–Crippen LogP) is -0.541. The minimum absolute atomic E-state index is 0.0629. The number of ketones is 1. The fourth-order valence-corrected chi connectivity index (χ4v) is 7.33. The van der Waals surface area contributed by atoms with Gasteiger partial charge in [-0.2, -0.15) is 17.5 Å². The molecule has 0 bridgehead atoms. The summed E-state index contributed by atoms with van der Waals surface area (Å²) >= 11 is 0. The summed E-state index contributed by atoms with van der Waals surface area (Å²) in [4.78, 5) is 13.2. The van der Waals surface area contributed by atoms with Gasteiger partial charge in [-0.1, -0.05) is 0 Å². The molecule has 1 aliphatic rings. The van der Waals surface area contributed by atoms with Crippen molar-refractivity contribution >= 4 is 35.9 Å². The number of nitrogens with one attached hydrogen (secondary N) is 1. The summed E-state index contributed by atoms with van der Waals surface area (Å²) in [7, 11) is -14.9. The average Bonchev–Trinajstić information content (AvgIpc) is 2.47. The summed E-state index contributed by atoms with van der Waals surface area (Å²) in [6, 6.07) is -0.556. The molecule has 0 aromatic rings. The Morgan fingerprint density at radius 3 is 1.90 bits per heavy atom. The summed E-state index contributed by atoms with van der Waals surface area (Å²) in [6.45, 7) is 5.17. The highest BCUT2D eigenvalue weighted by atomic mass is 32.3. The maximum absolute atomic E-state index is 12.5. The van der Waals surface area contributed by atoms with Crippen LogP contribution in [-0.2, 0) is 34.9 Å². The van der Waals surface area contributed by atoms with Gasteiger partial charge in [-0.25, -0.2) is 25.3 Å². The molecule has 0 radical (unpaired) electrons. The van der Waals surface area contributed by atoms with Gasteiger partial charge in [0, 0.05) is 25.2 Å². The molecule has 1 N–H and O–H groups in total. The number of sulfonamides is 3. The van der Waals surface area contributed by atoms with Crippen molar-refractivity contribution in [3.05, 3.63) is 0 Å². The van der Waals surface area contributed by atoms with Gasteiger partial charge in [0.25, 0.3) is 0 Å². The van der Waals surface area contributed by atoms with E-state index < -0.39 is 53.5 Å². The Bertz CT molecular complexity index is 905. The monoisotopic (exact) mass is 487 g/mol. The molecule has 0 aliphatic carbocycles. The lowest BCUT2D eigenvalue weighted by atomic mass is 10.1. The van der Waals surface area contributed by atoms with E-state index in [0.29, 0.717) is 4.13 Å². The Hall–Kier alpha value is -0.810. The second-order valence-corrected chi connectivity index (χ2v) is 12.8. The zero-order chi connectivity index (χ0) is 22.8. The molecule has 1 heterocycles.